The first-order chi connectivity index (χ1) is 10.2. The highest BCUT2D eigenvalue weighted by Gasteiger charge is 2.23. The van der Waals surface area contributed by atoms with Gasteiger partial charge in [-0.25, -0.2) is 4.39 Å². The lowest BCUT2D eigenvalue weighted by Crippen LogP contribution is -2.30. The molecular weight excluding hydrogens is 263 g/mol. The molecule has 3 heteroatoms. The van der Waals surface area contributed by atoms with Crippen molar-refractivity contribution < 1.29 is 4.39 Å². The van der Waals surface area contributed by atoms with Crippen LogP contribution in [0.25, 0.3) is 5.57 Å². The van der Waals surface area contributed by atoms with E-state index in [1.54, 1.807) is 12.3 Å². The summed E-state index contributed by atoms with van der Waals surface area (Å²) < 4.78 is 13.5. The molecule has 21 heavy (non-hydrogen) atoms. The molecule has 0 amide bonds. The van der Waals surface area contributed by atoms with E-state index in [9.17, 15) is 4.39 Å². The van der Waals surface area contributed by atoms with Gasteiger partial charge in [0.1, 0.15) is 5.83 Å². The molecule has 0 saturated heterocycles. The molecule has 2 aliphatic heterocycles. The van der Waals surface area contributed by atoms with Gasteiger partial charge in [0.25, 0.3) is 0 Å². The van der Waals surface area contributed by atoms with E-state index >= 15 is 0 Å². The number of rotatable bonds is 3. The summed E-state index contributed by atoms with van der Waals surface area (Å²) in [7, 11) is 0. The maximum atomic E-state index is 13.5. The average molecular weight is 282 g/mol. The van der Waals surface area contributed by atoms with Crippen molar-refractivity contribution in [1.82, 2.24) is 4.90 Å². The fourth-order valence-electron chi connectivity index (χ4n) is 2.75. The molecule has 1 aromatic rings. The van der Waals surface area contributed by atoms with Gasteiger partial charge in [-0.2, -0.15) is 0 Å². The van der Waals surface area contributed by atoms with E-state index in [-0.39, 0.29) is 11.9 Å². The van der Waals surface area contributed by atoms with Gasteiger partial charge in [0.15, 0.2) is 0 Å². The van der Waals surface area contributed by atoms with E-state index < -0.39 is 0 Å². The summed E-state index contributed by atoms with van der Waals surface area (Å²) in [5.41, 5.74) is 10.8. The molecule has 0 aromatic heterocycles. The van der Waals surface area contributed by atoms with E-state index in [2.05, 4.69) is 25.1 Å². The molecule has 2 heterocycles. The molecule has 1 aromatic carbocycles. The number of fused-ring (bicyclic) bond motifs is 1. The van der Waals surface area contributed by atoms with Gasteiger partial charge in [-0.3, -0.25) is 0 Å². The van der Waals surface area contributed by atoms with E-state index in [0.29, 0.717) is 6.54 Å². The van der Waals surface area contributed by atoms with Gasteiger partial charge >= 0.3 is 0 Å². The van der Waals surface area contributed by atoms with Crippen LogP contribution in [0.1, 0.15) is 18.9 Å². The van der Waals surface area contributed by atoms with Crippen molar-refractivity contribution in [3.8, 4) is 0 Å². The minimum atomic E-state index is -0.220. The first-order valence-corrected chi connectivity index (χ1v) is 7.27. The zero-order valence-corrected chi connectivity index (χ0v) is 12.1. The number of halogens is 1. The summed E-state index contributed by atoms with van der Waals surface area (Å²) >= 11 is 0. The van der Waals surface area contributed by atoms with Crippen molar-refractivity contribution in [3.63, 3.8) is 0 Å². The minimum Gasteiger partial charge on any atom is -0.341 e. The second kappa shape index (κ2) is 5.70. The zero-order chi connectivity index (χ0) is 14.8. The molecule has 0 saturated carbocycles. The largest absolute Gasteiger partial charge is 0.341 e. The topological polar surface area (TPSA) is 29.3 Å². The third-order valence-electron chi connectivity index (χ3n) is 3.97. The normalized spacial score (nSPS) is 19.1. The van der Waals surface area contributed by atoms with Crippen LogP contribution in [0.2, 0.25) is 0 Å². The van der Waals surface area contributed by atoms with Crippen LogP contribution < -0.4 is 5.73 Å². The maximum absolute atomic E-state index is 13.5. The van der Waals surface area contributed by atoms with Crippen LogP contribution in [-0.4, -0.2) is 17.5 Å². The summed E-state index contributed by atoms with van der Waals surface area (Å²) in [6.45, 7) is 2.73. The van der Waals surface area contributed by atoms with Crippen LogP contribution in [0.4, 0.5) is 4.39 Å². The Balaban J connectivity index is 2.09. The molecule has 3 rings (SSSR count). The van der Waals surface area contributed by atoms with Crippen molar-refractivity contribution in [3.05, 3.63) is 77.4 Å². The standard InChI is InChI=1S/C18H19FN2/c1-2-18(20)16-10-15-9-8-14(19)11-21(15)12-17(16)13-6-4-3-5-7-13/h3-11,18H,2,12,20H2,1H3. The molecule has 0 radical (unpaired) electrons. The second-order valence-electron chi connectivity index (χ2n) is 5.36. The highest BCUT2D eigenvalue weighted by molar-refractivity contribution is 5.75. The van der Waals surface area contributed by atoms with Gasteiger partial charge in [-0.1, -0.05) is 37.3 Å². The third-order valence-corrected chi connectivity index (χ3v) is 3.97. The fourth-order valence-corrected chi connectivity index (χ4v) is 2.75. The number of allylic oxidation sites excluding steroid dienone is 3. The van der Waals surface area contributed by atoms with Crippen LogP contribution in [0.15, 0.2) is 71.9 Å². The predicted octanol–water partition coefficient (Wildman–Crippen LogP) is 3.76. The van der Waals surface area contributed by atoms with Crippen LogP contribution in [0, 0.1) is 0 Å². The Morgan fingerprint density at radius 3 is 2.71 bits per heavy atom. The number of nitrogens with two attached hydrogens (primary N) is 1. The summed E-state index contributed by atoms with van der Waals surface area (Å²) in [4.78, 5) is 1.93. The van der Waals surface area contributed by atoms with Crippen molar-refractivity contribution in [2.24, 2.45) is 5.73 Å². The smallest absolute Gasteiger partial charge is 0.139 e. The Labute approximate surface area is 124 Å². The van der Waals surface area contributed by atoms with E-state index in [4.69, 9.17) is 5.73 Å². The maximum Gasteiger partial charge on any atom is 0.139 e. The summed E-state index contributed by atoms with van der Waals surface area (Å²) in [6, 6.07) is 10.2. The number of benzene rings is 1. The van der Waals surface area contributed by atoms with Crippen molar-refractivity contribution in [1.29, 1.82) is 0 Å². The molecule has 108 valence electrons. The highest BCUT2D eigenvalue weighted by Crippen LogP contribution is 2.32. The molecule has 2 aliphatic rings. The lowest BCUT2D eigenvalue weighted by atomic mass is 9.90. The molecule has 1 unspecified atom stereocenters. The van der Waals surface area contributed by atoms with Gasteiger partial charge in [0.2, 0.25) is 0 Å². The molecule has 2 nitrogen and oxygen atoms in total. The Bertz CT molecular complexity index is 653. The van der Waals surface area contributed by atoms with Gasteiger partial charge in [0, 0.05) is 24.5 Å². The van der Waals surface area contributed by atoms with Gasteiger partial charge in [-0.05, 0) is 41.4 Å². The molecule has 0 bridgehead atoms. The Morgan fingerprint density at radius 1 is 1.24 bits per heavy atom. The fraction of sp³-hybridized carbons (Fsp3) is 0.222. The zero-order valence-electron chi connectivity index (χ0n) is 12.1. The monoisotopic (exact) mass is 282 g/mol. The van der Waals surface area contributed by atoms with Gasteiger partial charge < -0.3 is 10.6 Å². The van der Waals surface area contributed by atoms with E-state index in [1.165, 1.54) is 11.6 Å². The number of nitrogens with zero attached hydrogens (tertiary/aromatic N) is 1. The molecular formula is C18H19FN2. The molecule has 0 spiro atoms. The Morgan fingerprint density at radius 2 is 2.00 bits per heavy atom. The molecule has 2 N–H and O–H groups in total. The first-order valence-electron chi connectivity index (χ1n) is 7.27. The quantitative estimate of drug-likeness (QED) is 0.914. The highest BCUT2D eigenvalue weighted by atomic mass is 19.1. The van der Waals surface area contributed by atoms with E-state index in [0.717, 1.165) is 23.3 Å². The number of hydrogen-bond acceptors (Lipinski definition) is 2. The molecule has 0 aliphatic carbocycles. The van der Waals surface area contributed by atoms with E-state index in [1.807, 2.05) is 23.1 Å². The SMILES string of the molecule is CCC(N)C1=C(c2ccccc2)CN2C=C(F)C=CC2=C1. The molecule has 1 atom stereocenters. The van der Waals surface area contributed by atoms with Crippen LogP contribution in [0.3, 0.4) is 0 Å². The van der Waals surface area contributed by atoms with Crippen molar-refractivity contribution in [2.45, 2.75) is 19.4 Å². The predicted molar refractivity (Wildman–Crippen MR) is 84.7 cm³/mol. The van der Waals surface area contributed by atoms with Gasteiger partial charge in [-0.15, -0.1) is 0 Å². The summed E-state index contributed by atoms with van der Waals surface area (Å²) in [5.74, 6) is -0.220. The van der Waals surface area contributed by atoms with Crippen LogP contribution in [0.5, 0.6) is 0 Å². The first kappa shape index (κ1) is 13.8. The minimum absolute atomic E-state index is 0.000917. The lowest BCUT2D eigenvalue weighted by molar-refractivity contribution is 0.493. The number of hydrogen-bond donors (Lipinski definition) is 1. The van der Waals surface area contributed by atoms with Gasteiger partial charge in [0.05, 0.1) is 0 Å². The Hall–Kier alpha value is -2.13. The van der Waals surface area contributed by atoms with Crippen LogP contribution >= 0.6 is 0 Å². The lowest BCUT2D eigenvalue weighted by Gasteiger charge is -2.32. The second-order valence-corrected chi connectivity index (χ2v) is 5.36. The third kappa shape index (κ3) is 2.69. The summed E-state index contributed by atoms with van der Waals surface area (Å²) in [5, 5.41) is 0. The van der Waals surface area contributed by atoms with Crippen molar-refractivity contribution in [2.75, 3.05) is 6.54 Å². The average Bonchev–Trinajstić information content (AvgIpc) is 2.53. The molecule has 0 fully saturated rings. The summed E-state index contributed by atoms with van der Waals surface area (Å²) in [6.07, 6.45) is 7.80. The Kier molecular flexibility index (Phi) is 3.76. The van der Waals surface area contributed by atoms with Crippen LogP contribution in [-0.2, 0) is 0 Å². The van der Waals surface area contributed by atoms with Crippen molar-refractivity contribution >= 4 is 5.57 Å².